The molecular formula is C27H29F2N5O4. The highest BCUT2D eigenvalue weighted by molar-refractivity contribution is 6.05. The maximum atomic E-state index is 15.3. The van der Waals surface area contributed by atoms with Gasteiger partial charge in [0, 0.05) is 43.7 Å². The van der Waals surface area contributed by atoms with Gasteiger partial charge in [0.05, 0.1) is 57.8 Å². The molecule has 1 aliphatic carbocycles. The molecule has 0 N–H and O–H groups in total. The number of fused-ring (bicyclic) bond motifs is 2. The molecule has 9 nitrogen and oxygen atoms in total. The summed E-state index contributed by atoms with van der Waals surface area (Å²) in [6, 6.07) is 3.07. The molecule has 1 saturated heterocycles. The van der Waals surface area contributed by atoms with Crippen molar-refractivity contribution in [1.29, 1.82) is 0 Å². The molecule has 1 amide bonds. The minimum atomic E-state index is -0.938. The van der Waals surface area contributed by atoms with Crippen molar-refractivity contribution in [3.63, 3.8) is 0 Å². The molecule has 0 radical (unpaired) electrons. The molecule has 3 aliphatic rings. The second kappa shape index (κ2) is 9.63. The van der Waals surface area contributed by atoms with Gasteiger partial charge in [-0.05, 0) is 30.0 Å². The van der Waals surface area contributed by atoms with E-state index >= 15 is 8.78 Å². The van der Waals surface area contributed by atoms with Crippen LogP contribution in [-0.2, 0) is 28.0 Å². The van der Waals surface area contributed by atoms with Gasteiger partial charge in [0.1, 0.15) is 5.69 Å². The Morgan fingerprint density at radius 3 is 2.39 bits per heavy atom. The van der Waals surface area contributed by atoms with E-state index in [9.17, 15) is 4.79 Å². The van der Waals surface area contributed by atoms with Crippen LogP contribution in [0.2, 0.25) is 0 Å². The van der Waals surface area contributed by atoms with E-state index in [1.165, 1.54) is 14.2 Å². The number of nitrogens with zero attached hydrogens (tertiary/aromatic N) is 5. The van der Waals surface area contributed by atoms with Gasteiger partial charge in [-0.15, -0.1) is 0 Å². The molecular weight excluding hydrogens is 496 g/mol. The van der Waals surface area contributed by atoms with Crippen molar-refractivity contribution >= 4 is 11.6 Å². The summed E-state index contributed by atoms with van der Waals surface area (Å²) in [6.07, 6.45) is 6.63. The zero-order valence-electron chi connectivity index (χ0n) is 21.4. The quantitative estimate of drug-likeness (QED) is 0.469. The van der Waals surface area contributed by atoms with E-state index in [1.807, 2.05) is 16.9 Å². The van der Waals surface area contributed by atoms with E-state index in [0.717, 1.165) is 67.0 Å². The molecule has 4 heterocycles. The summed E-state index contributed by atoms with van der Waals surface area (Å²) < 4.78 is 48.0. The maximum Gasteiger partial charge on any atom is 0.238 e. The third kappa shape index (κ3) is 4.10. The van der Waals surface area contributed by atoms with Gasteiger partial charge in [0.15, 0.2) is 23.1 Å². The van der Waals surface area contributed by atoms with E-state index in [4.69, 9.17) is 14.2 Å². The first-order valence-electron chi connectivity index (χ1n) is 12.7. The minimum absolute atomic E-state index is 0.00777. The lowest BCUT2D eigenvalue weighted by Crippen LogP contribution is -2.45. The molecule has 1 saturated carbocycles. The summed E-state index contributed by atoms with van der Waals surface area (Å²) in [6.45, 7) is 4.99. The molecule has 38 heavy (non-hydrogen) atoms. The minimum Gasteiger partial charge on any atom is -0.493 e. The Morgan fingerprint density at radius 2 is 1.74 bits per heavy atom. The first-order chi connectivity index (χ1) is 18.4. The molecule has 0 unspecified atom stereocenters. The lowest BCUT2D eigenvalue weighted by molar-refractivity contribution is -0.121. The Labute approximate surface area is 218 Å². The van der Waals surface area contributed by atoms with E-state index in [-0.39, 0.29) is 24.0 Å². The number of anilines is 1. The van der Waals surface area contributed by atoms with Crippen molar-refractivity contribution in [3.8, 4) is 22.8 Å². The van der Waals surface area contributed by atoms with Gasteiger partial charge < -0.3 is 19.1 Å². The van der Waals surface area contributed by atoms with Crippen molar-refractivity contribution in [2.75, 3.05) is 52.0 Å². The van der Waals surface area contributed by atoms with Gasteiger partial charge >= 0.3 is 0 Å². The van der Waals surface area contributed by atoms with Crippen molar-refractivity contribution in [2.45, 2.75) is 31.3 Å². The number of hydrogen-bond acceptors (Lipinski definition) is 7. The highest BCUT2D eigenvalue weighted by Gasteiger charge is 2.57. The summed E-state index contributed by atoms with van der Waals surface area (Å²) in [5, 5.41) is 4.50. The smallest absolute Gasteiger partial charge is 0.238 e. The van der Waals surface area contributed by atoms with Crippen LogP contribution in [0.25, 0.3) is 11.3 Å². The van der Waals surface area contributed by atoms with Crippen molar-refractivity contribution in [3.05, 3.63) is 53.5 Å². The van der Waals surface area contributed by atoms with Crippen LogP contribution in [0.4, 0.5) is 14.5 Å². The molecule has 2 aliphatic heterocycles. The van der Waals surface area contributed by atoms with Crippen LogP contribution in [0.15, 0.2) is 30.7 Å². The van der Waals surface area contributed by atoms with Gasteiger partial charge in [-0.25, -0.2) is 8.78 Å². The lowest BCUT2D eigenvalue weighted by Gasteiger charge is -2.35. The Morgan fingerprint density at radius 1 is 1.03 bits per heavy atom. The lowest BCUT2D eigenvalue weighted by atomic mass is 9.86. The van der Waals surface area contributed by atoms with Crippen LogP contribution >= 0.6 is 0 Å². The molecule has 0 atom stereocenters. The summed E-state index contributed by atoms with van der Waals surface area (Å²) in [4.78, 5) is 21.9. The number of aromatic nitrogens is 3. The maximum absolute atomic E-state index is 15.3. The Kier molecular flexibility index (Phi) is 6.27. The number of rotatable bonds is 7. The second-order valence-electron chi connectivity index (χ2n) is 9.90. The fraction of sp³-hybridized carbons (Fsp3) is 0.444. The monoisotopic (exact) mass is 525 g/mol. The number of ether oxygens (including phenoxy) is 3. The van der Waals surface area contributed by atoms with Crippen LogP contribution in [0.3, 0.4) is 0 Å². The highest BCUT2D eigenvalue weighted by atomic mass is 19.1. The van der Waals surface area contributed by atoms with E-state index in [0.29, 0.717) is 18.5 Å². The molecule has 0 bridgehead atoms. The van der Waals surface area contributed by atoms with Crippen LogP contribution in [0.5, 0.6) is 11.5 Å². The summed E-state index contributed by atoms with van der Waals surface area (Å²) in [5.74, 6) is -2.60. The molecule has 3 aromatic rings. The van der Waals surface area contributed by atoms with Crippen LogP contribution in [0, 0.1) is 11.6 Å². The van der Waals surface area contributed by atoms with Crippen molar-refractivity contribution in [1.82, 2.24) is 19.7 Å². The van der Waals surface area contributed by atoms with Gasteiger partial charge in [0.2, 0.25) is 5.91 Å². The predicted octanol–water partition coefficient (Wildman–Crippen LogP) is 3.15. The topological polar surface area (TPSA) is 82.0 Å². The third-order valence-corrected chi connectivity index (χ3v) is 7.73. The van der Waals surface area contributed by atoms with Crippen LogP contribution in [-0.4, -0.2) is 72.6 Å². The van der Waals surface area contributed by atoms with Gasteiger partial charge in [-0.2, -0.15) is 5.10 Å². The number of hydrogen-bond donors (Lipinski definition) is 0. The number of methoxy groups -OCH3 is 2. The van der Waals surface area contributed by atoms with E-state index in [2.05, 4.69) is 15.0 Å². The zero-order valence-corrected chi connectivity index (χ0v) is 21.4. The molecule has 200 valence electrons. The number of benzene rings is 1. The highest BCUT2D eigenvalue weighted by Crippen LogP contribution is 2.55. The average molecular weight is 526 g/mol. The fourth-order valence-electron chi connectivity index (χ4n) is 5.41. The SMILES string of the molecule is COc1cc(OC)c(F)c(N2Cc3cnc(-c4cnn(CCN5CCOCC5)c4)cc3C3(CC3)C2=O)c1F. The van der Waals surface area contributed by atoms with Gasteiger partial charge in [-0.1, -0.05) is 0 Å². The predicted molar refractivity (Wildman–Crippen MR) is 134 cm³/mol. The number of halogens is 2. The Hall–Kier alpha value is -3.57. The fourth-order valence-corrected chi connectivity index (χ4v) is 5.41. The third-order valence-electron chi connectivity index (χ3n) is 7.73. The Balaban J connectivity index is 1.29. The molecule has 1 spiro atoms. The number of carbonyl (C=O) groups is 1. The summed E-state index contributed by atoms with van der Waals surface area (Å²) in [5.41, 5.74) is 1.90. The molecule has 1 aromatic carbocycles. The van der Waals surface area contributed by atoms with Gasteiger partial charge in [0.25, 0.3) is 0 Å². The standard InChI is InChI=1S/C27H29F2N5O4/c1-36-21-12-22(37-2)24(29)25(23(21)28)34-16-17-13-30-20(11-19(17)27(3-4-27)26(34)35)18-14-31-33(15-18)6-5-32-7-9-38-10-8-32/h11-15H,3-10,16H2,1-2H3. The largest absolute Gasteiger partial charge is 0.493 e. The average Bonchev–Trinajstić information content (AvgIpc) is 3.60. The molecule has 2 aromatic heterocycles. The van der Waals surface area contributed by atoms with Crippen molar-refractivity contribution < 1.29 is 27.8 Å². The molecule has 2 fully saturated rings. The summed E-state index contributed by atoms with van der Waals surface area (Å²) in [7, 11) is 2.57. The van der Waals surface area contributed by atoms with Crippen molar-refractivity contribution in [2.24, 2.45) is 0 Å². The Bertz CT molecular complexity index is 1360. The number of pyridine rings is 1. The number of carbonyl (C=O) groups excluding carboxylic acids is 1. The molecule has 11 heteroatoms. The second-order valence-corrected chi connectivity index (χ2v) is 9.90. The number of amides is 1. The van der Waals surface area contributed by atoms with Crippen LogP contribution in [0.1, 0.15) is 24.0 Å². The first kappa shape index (κ1) is 24.7. The normalized spacial score (nSPS) is 18.5. The summed E-state index contributed by atoms with van der Waals surface area (Å²) >= 11 is 0. The van der Waals surface area contributed by atoms with E-state index < -0.39 is 22.7 Å². The number of morpholine rings is 1. The zero-order chi connectivity index (χ0) is 26.4. The van der Waals surface area contributed by atoms with Crippen LogP contribution < -0.4 is 14.4 Å². The molecule has 6 rings (SSSR count). The van der Waals surface area contributed by atoms with Gasteiger partial charge in [-0.3, -0.25) is 19.4 Å². The first-order valence-corrected chi connectivity index (χ1v) is 12.7. The van der Waals surface area contributed by atoms with E-state index in [1.54, 1.807) is 12.4 Å².